The van der Waals surface area contributed by atoms with Gasteiger partial charge < -0.3 is 15.5 Å². The lowest BCUT2D eigenvalue weighted by Gasteiger charge is -2.13. The molecule has 8 heteroatoms. The molecule has 0 aliphatic carbocycles. The van der Waals surface area contributed by atoms with Crippen molar-refractivity contribution in [3.63, 3.8) is 0 Å². The summed E-state index contributed by atoms with van der Waals surface area (Å²) in [6, 6.07) is 12.9. The molecule has 0 saturated carbocycles. The smallest absolute Gasteiger partial charge is 0.225 e. The lowest BCUT2D eigenvalue weighted by Crippen LogP contribution is -2.21. The van der Waals surface area contributed by atoms with Gasteiger partial charge in [-0.1, -0.05) is 29.3 Å². The molecule has 2 heterocycles. The van der Waals surface area contributed by atoms with Gasteiger partial charge in [-0.25, -0.2) is 4.98 Å². The van der Waals surface area contributed by atoms with Crippen molar-refractivity contribution < 1.29 is 0 Å². The molecule has 0 aliphatic heterocycles. The summed E-state index contributed by atoms with van der Waals surface area (Å²) >= 11 is 12.1. The van der Waals surface area contributed by atoms with E-state index in [1.165, 1.54) is 0 Å². The average Bonchev–Trinajstić information content (AvgIpc) is 2.65. The summed E-state index contributed by atoms with van der Waals surface area (Å²) in [5.41, 5.74) is 2.28. The molecule has 0 radical (unpaired) electrons. The second-order valence-electron chi connectivity index (χ2n) is 6.16. The molecule has 0 spiro atoms. The van der Waals surface area contributed by atoms with E-state index in [0.29, 0.717) is 21.8 Å². The van der Waals surface area contributed by atoms with E-state index < -0.39 is 0 Å². The largest absolute Gasteiger partial charge is 0.353 e. The fourth-order valence-corrected chi connectivity index (χ4v) is 2.65. The predicted molar refractivity (Wildman–Crippen MR) is 112 cm³/mol. The lowest BCUT2D eigenvalue weighted by atomic mass is 10.2. The third-order valence-corrected chi connectivity index (χ3v) is 4.43. The van der Waals surface area contributed by atoms with Gasteiger partial charge in [0.15, 0.2) is 0 Å². The number of likely N-dealkylation sites (N-methyl/N-ethyl adjacent to an activating group) is 1. The van der Waals surface area contributed by atoms with Crippen LogP contribution in [0.2, 0.25) is 10.0 Å². The topological polar surface area (TPSA) is 66.0 Å². The Morgan fingerprint density at radius 2 is 1.81 bits per heavy atom. The SMILES string of the molecule is CN(C)CCNc1nc(Nc2ccc(Cl)c(Cl)c2)cc(-c2ccccn2)n1. The average molecular weight is 403 g/mol. The van der Waals surface area contributed by atoms with Crippen LogP contribution in [0.1, 0.15) is 0 Å². The number of nitrogens with zero attached hydrogens (tertiary/aromatic N) is 4. The second-order valence-corrected chi connectivity index (χ2v) is 6.98. The number of benzene rings is 1. The first-order chi connectivity index (χ1) is 13.0. The summed E-state index contributed by atoms with van der Waals surface area (Å²) in [4.78, 5) is 15.6. The van der Waals surface area contributed by atoms with Gasteiger partial charge in [0, 0.05) is 31.0 Å². The van der Waals surface area contributed by atoms with E-state index >= 15 is 0 Å². The number of anilines is 3. The number of hydrogen-bond acceptors (Lipinski definition) is 6. The minimum Gasteiger partial charge on any atom is -0.353 e. The number of halogens is 2. The number of hydrogen-bond donors (Lipinski definition) is 2. The fourth-order valence-electron chi connectivity index (χ4n) is 2.35. The molecule has 0 atom stereocenters. The van der Waals surface area contributed by atoms with Gasteiger partial charge in [-0.3, -0.25) is 4.98 Å². The highest BCUT2D eigenvalue weighted by atomic mass is 35.5. The fraction of sp³-hybridized carbons (Fsp3) is 0.211. The van der Waals surface area contributed by atoms with Crippen LogP contribution in [-0.2, 0) is 0 Å². The van der Waals surface area contributed by atoms with E-state index in [-0.39, 0.29) is 0 Å². The third-order valence-electron chi connectivity index (χ3n) is 3.69. The molecule has 0 bridgehead atoms. The van der Waals surface area contributed by atoms with Crippen LogP contribution in [0.25, 0.3) is 11.4 Å². The minimum absolute atomic E-state index is 0.477. The summed E-state index contributed by atoms with van der Waals surface area (Å²) in [7, 11) is 4.04. The van der Waals surface area contributed by atoms with Gasteiger partial charge in [0.1, 0.15) is 5.82 Å². The van der Waals surface area contributed by atoms with E-state index in [1.54, 1.807) is 18.3 Å². The van der Waals surface area contributed by atoms with Crippen LogP contribution in [-0.4, -0.2) is 47.0 Å². The monoisotopic (exact) mass is 402 g/mol. The standard InChI is InChI=1S/C19H20Cl2N6/c1-27(2)10-9-23-19-25-17(16-5-3-4-8-22-16)12-18(26-19)24-13-6-7-14(20)15(21)11-13/h3-8,11-12H,9-10H2,1-2H3,(H2,23,24,25,26). The molecule has 2 N–H and O–H groups in total. The Hall–Kier alpha value is -2.41. The molecule has 0 unspecified atom stereocenters. The number of rotatable bonds is 7. The number of aromatic nitrogens is 3. The van der Waals surface area contributed by atoms with Gasteiger partial charge in [-0.05, 0) is 44.4 Å². The molecule has 1 aromatic carbocycles. The molecule has 0 aliphatic rings. The molecule has 0 saturated heterocycles. The summed E-state index contributed by atoms with van der Waals surface area (Å²) in [5.74, 6) is 1.17. The van der Waals surface area contributed by atoms with Gasteiger partial charge in [-0.15, -0.1) is 0 Å². The Morgan fingerprint density at radius 1 is 0.963 bits per heavy atom. The highest BCUT2D eigenvalue weighted by Crippen LogP contribution is 2.28. The predicted octanol–water partition coefficient (Wildman–Crippen LogP) is 4.56. The second kappa shape index (κ2) is 8.99. The van der Waals surface area contributed by atoms with E-state index in [9.17, 15) is 0 Å². The molecule has 27 heavy (non-hydrogen) atoms. The Labute approximate surface area is 168 Å². The maximum absolute atomic E-state index is 6.10. The number of nitrogens with one attached hydrogen (secondary N) is 2. The van der Waals surface area contributed by atoms with Crippen LogP contribution >= 0.6 is 23.2 Å². The van der Waals surface area contributed by atoms with Crippen molar-refractivity contribution in [2.45, 2.75) is 0 Å². The zero-order chi connectivity index (χ0) is 19.2. The van der Waals surface area contributed by atoms with Crippen molar-refractivity contribution in [3.8, 4) is 11.4 Å². The normalized spacial score (nSPS) is 10.9. The molecule has 6 nitrogen and oxygen atoms in total. The zero-order valence-corrected chi connectivity index (χ0v) is 16.6. The van der Waals surface area contributed by atoms with Crippen molar-refractivity contribution in [1.29, 1.82) is 0 Å². The van der Waals surface area contributed by atoms with Crippen molar-refractivity contribution in [1.82, 2.24) is 19.9 Å². The Morgan fingerprint density at radius 3 is 2.52 bits per heavy atom. The first-order valence-corrected chi connectivity index (χ1v) is 9.18. The first-order valence-electron chi connectivity index (χ1n) is 8.42. The molecule has 3 aromatic rings. The summed E-state index contributed by atoms with van der Waals surface area (Å²) < 4.78 is 0. The van der Waals surface area contributed by atoms with E-state index in [4.69, 9.17) is 23.2 Å². The van der Waals surface area contributed by atoms with Crippen molar-refractivity contribution in [2.24, 2.45) is 0 Å². The van der Waals surface area contributed by atoms with Crippen LogP contribution < -0.4 is 10.6 Å². The molecule has 0 fully saturated rings. The van der Waals surface area contributed by atoms with Gasteiger partial charge in [0.25, 0.3) is 0 Å². The van der Waals surface area contributed by atoms with Gasteiger partial charge >= 0.3 is 0 Å². The minimum atomic E-state index is 0.477. The maximum Gasteiger partial charge on any atom is 0.225 e. The summed E-state index contributed by atoms with van der Waals surface area (Å²) in [5, 5.41) is 7.48. The first kappa shape index (κ1) is 19.4. The van der Waals surface area contributed by atoms with E-state index in [2.05, 4.69) is 30.5 Å². The van der Waals surface area contributed by atoms with Crippen LogP contribution in [0.5, 0.6) is 0 Å². The Kier molecular flexibility index (Phi) is 6.45. The van der Waals surface area contributed by atoms with Crippen LogP contribution in [0.4, 0.5) is 17.5 Å². The van der Waals surface area contributed by atoms with Crippen LogP contribution in [0, 0.1) is 0 Å². The third kappa shape index (κ3) is 5.53. The van der Waals surface area contributed by atoms with Crippen LogP contribution in [0.15, 0.2) is 48.7 Å². The Balaban J connectivity index is 1.90. The molecule has 2 aromatic heterocycles. The van der Waals surface area contributed by atoms with E-state index in [1.807, 2.05) is 44.4 Å². The molecule has 140 valence electrons. The summed E-state index contributed by atoms with van der Waals surface area (Å²) in [6.45, 7) is 1.59. The highest BCUT2D eigenvalue weighted by Gasteiger charge is 2.09. The molecular formula is C19H20Cl2N6. The lowest BCUT2D eigenvalue weighted by molar-refractivity contribution is 0.425. The maximum atomic E-state index is 6.10. The van der Waals surface area contributed by atoms with Gasteiger partial charge in [-0.2, -0.15) is 4.98 Å². The van der Waals surface area contributed by atoms with Crippen LogP contribution in [0.3, 0.4) is 0 Å². The van der Waals surface area contributed by atoms with Crippen molar-refractivity contribution >= 4 is 40.7 Å². The molecule has 0 amide bonds. The molecular weight excluding hydrogens is 383 g/mol. The van der Waals surface area contributed by atoms with Crippen molar-refractivity contribution in [2.75, 3.05) is 37.8 Å². The highest BCUT2D eigenvalue weighted by molar-refractivity contribution is 6.42. The molecule has 3 rings (SSSR count). The summed E-state index contributed by atoms with van der Waals surface area (Å²) in [6.07, 6.45) is 1.74. The van der Waals surface area contributed by atoms with Gasteiger partial charge in [0.05, 0.1) is 21.4 Å². The van der Waals surface area contributed by atoms with Gasteiger partial charge in [0.2, 0.25) is 5.95 Å². The zero-order valence-electron chi connectivity index (χ0n) is 15.1. The Bertz CT molecular complexity index is 902. The van der Waals surface area contributed by atoms with E-state index in [0.717, 1.165) is 30.2 Å². The number of pyridine rings is 1. The van der Waals surface area contributed by atoms with Crippen molar-refractivity contribution in [3.05, 3.63) is 58.7 Å². The quantitative estimate of drug-likeness (QED) is 0.603.